The minimum Gasteiger partial charge on any atom is -0.467 e. The molecule has 1 amide bonds. The number of carbonyl (C=O) groups excluding carboxylic acids is 2. The average Bonchev–Trinajstić information content (AvgIpc) is 2.98. The molecule has 2 aromatic heterocycles. The molecule has 2 N–H and O–H groups in total. The standard InChI is InChI=1S/C15H17N3O4S/c1-8(11-5-4-6-22-11)16-12(20)7-23-14-13(10(3)19)9(2)17-15(21)18-14/h4-6,8H,7H2,1-3H3,(H,16,20)(H,17,18,21)/t8-/m1/s1. The van der Waals surface area contributed by atoms with Gasteiger partial charge in [-0.05, 0) is 32.9 Å². The van der Waals surface area contributed by atoms with E-state index in [9.17, 15) is 14.4 Å². The number of H-pyrrole nitrogens is 1. The van der Waals surface area contributed by atoms with Crippen molar-refractivity contribution in [2.24, 2.45) is 0 Å². The molecule has 0 spiro atoms. The van der Waals surface area contributed by atoms with E-state index in [2.05, 4.69) is 15.3 Å². The zero-order chi connectivity index (χ0) is 17.0. The summed E-state index contributed by atoms with van der Waals surface area (Å²) in [5, 5.41) is 3.04. The first kappa shape index (κ1) is 17.0. The van der Waals surface area contributed by atoms with E-state index in [1.54, 1.807) is 26.0 Å². The van der Waals surface area contributed by atoms with E-state index < -0.39 is 5.69 Å². The molecule has 0 aromatic carbocycles. The summed E-state index contributed by atoms with van der Waals surface area (Å²) in [6.07, 6.45) is 1.54. The van der Waals surface area contributed by atoms with Gasteiger partial charge < -0.3 is 14.7 Å². The molecule has 0 aliphatic carbocycles. The first-order chi connectivity index (χ1) is 10.9. The zero-order valence-corrected chi connectivity index (χ0v) is 13.8. The van der Waals surface area contributed by atoms with Gasteiger partial charge in [-0.1, -0.05) is 11.8 Å². The molecule has 1 atom stereocenters. The summed E-state index contributed by atoms with van der Waals surface area (Å²) in [7, 11) is 0. The van der Waals surface area contributed by atoms with Crippen LogP contribution in [0.2, 0.25) is 0 Å². The maximum absolute atomic E-state index is 12.0. The lowest BCUT2D eigenvalue weighted by Crippen LogP contribution is -2.28. The number of hydrogen-bond donors (Lipinski definition) is 2. The molecule has 0 fully saturated rings. The molecular formula is C15H17N3O4S. The highest BCUT2D eigenvalue weighted by atomic mass is 32.2. The number of furan rings is 1. The second kappa shape index (κ2) is 7.28. The fourth-order valence-electron chi connectivity index (χ4n) is 2.10. The number of aromatic amines is 1. The van der Waals surface area contributed by atoms with Crippen molar-refractivity contribution in [2.45, 2.75) is 31.8 Å². The van der Waals surface area contributed by atoms with Crippen LogP contribution in [0.25, 0.3) is 0 Å². The van der Waals surface area contributed by atoms with Crippen LogP contribution in [0.5, 0.6) is 0 Å². The number of nitrogens with one attached hydrogen (secondary N) is 2. The molecule has 0 aliphatic heterocycles. The smallest absolute Gasteiger partial charge is 0.346 e. The molecule has 7 nitrogen and oxygen atoms in total. The number of thioether (sulfide) groups is 1. The third kappa shape index (κ3) is 4.32. The Bertz CT molecular complexity index is 768. The van der Waals surface area contributed by atoms with Gasteiger partial charge in [0.25, 0.3) is 0 Å². The van der Waals surface area contributed by atoms with Crippen LogP contribution in [0, 0.1) is 6.92 Å². The SMILES string of the molecule is CC(=O)c1c(SCC(=O)N[C@H](C)c2ccco2)nc(=O)[nH]c1C. The van der Waals surface area contributed by atoms with Crippen LogP contribution in [0.1, 0.15) is 41.7 Å². The van der Waals surface area contributed by atoms with Gasteiger partial charge in [-0.25, -0.2) is 4.79 Å². The fraction of sp³-hybridized carbons (Fsp3) is 0.333. The first-order valence-electron chi connectivity index (χ1n) is 6.96. The Labute approximate surface area is 136 Å². The third-order valence-corrected chi connectivity index (χ3v) is 4.10. The molecular weight excluding hydrogens is 318 g/mol. The molecule has 0 unspecified atom stereocenters. The van der Waals surface area contributed by atoms with Gasteiger partial charge in [-0.15, -0.1) is 0 Å². The van der Waals surface area contributed by atoms with Crippen molar-refractivity contribution in [1.82, 2.24) is 15.3 Å². The quantitative estimate of drug-likeness (QED) is 0.474. The Kier molecular flexibility index (Phi) is 5.38. The lowest BCUT2D eigenvalue weighted by Gasteiger charge is -2.12. The van der Waals surface area contributed by atoms with Crippen LogP contribution >= 0.6 is 11.8 Å². The molecule has 2 rings (SSSR count). The van der Waals surface area contributed by atoms with Gasteiger partial charge in [-0.2, -0.15) is 4.98 Å². The largest absolute Gasteiger partial charge is 0.467 e. The van der Waals surface area contributed by atoms with Gasteiger partial charge in [0, 0.05) is 5.69 Å². The summed E-state index contributed by atoms with van der Waals surface area (Å²) >= 11 is 1.06. The number of nitrogens with zero attached hydrogens (tertiary/aromatic N) is 1. The molecule has 8 heteroatoms. The second-order valence-corrected chi connectivity index (χ2v) is 5.96. The maximum Gasteiger partial charge on any atom is 0.346 e. The van der Waals surface area contributed by atoms with Gasteiger partial charge in [0.2, 0.25) is 5.91 Å². The molecule has 23 heavy (non-hydrogen) atoms. The highest BCUT2D eigenvalue weighted by molar-refractivity contribution is 8.00. The number of aromatic nitrogens is 2. The molecule has 0 aliphatic rings. The van der Waals surface area contributed by atoms with Gasteiger partial charge >= 0.3 is 5.69 Å². The van der Waals surface area contributed by atoms with E-state index in [1.165, 1.54) is 13.2 Å². The Hall–Kier alpha value is -2.35. The molecule has 0 radical (unpaired) electrons. The summed E-state index contributed by atoms with van der Waals surface area (Å²) in [5.74, 6) is 0.241. The third-order valence-electron chi connectivity index (χ3n) is 3.13. The van der Waals surface area contributed by atoms with Gasteiger partial charge in [0.05, 0.1) is 23.6 Å². The highest BCUT2D eigenvalue weighted by Gasteiger charge is 2.17. The number of rotatable bonds is 6. The van der Waals surface area contributed by atoms with Crippen LogP contribution in [0.15, 0.2) is 32.6 Å². The number of ketones is 1. The zero-order valence-electron chi connectivity index (χ0n) is 13.0. The van der Waals surface area contributed by atoms with E-state index in [1.807, 2.05) is 0 Å². The van der Waals surface area contributed by atoms with Gasteiger partial charge in [0.15, 0.2) is 5.78 Å². The molecule has 0 saturated carbocycles. The molecule has 0 bridgehead atoms. The average molecular weight is 335 g/mol. The van der Waals surface area contributed by atoms with Crippen LogP contribution in [0.3, 0.4) is 0 Å². The summed E-state index contributed by atoms with van der Waals surface area (Å²) in [5.41, 5.74) is 0.241. The van der Waals surface area contributed by atoms with Crippen molar-refractivity contribution >= 4 is 23.5 Å². The van der Waals surface area contributed by atoms with Crippen LogP contribution in [0.4, 0.5) is 0 Å². The minimum absolute atomic E-state index is 0.0429. The monoisotopic (exact) mass is 335 g/mol. The van der Waals surface area contributed by atoms with E-state index in [0.717, 1.165) is 11.8 Å². The van der Waals surface area contributed by atoms with Crippen molar-refractivity contribution < 1.29 is 14.0 Å². The van der Waals surface area contributed by atoms with Crippen LogP contribution in [-0.4, -0.2) is 27.4 Å². The summed E-state index contributed by atoms with van der Waals surface area (Å²) in [4.78, 5) is 41.4. The normalized spacial score (nSPS) is 12.0. The Morgan fingerprint density at radius 2 is 2.22 bits per heavy atom. The Balaban J connectivity index is 2.04. The second-order valence-electron chi connectivity index (χ2n) is 5.00. The predicted molar refractivity (Wildman–Crippen MR) is 85.6 cm³/mol. The summed E-state index contributed by atoms with van der Waals surface area (Å²) in [6.45, 7) is 4.83. The number of hydrogen-bond acceptors (Lipinski definition) is 6. The van der Waals surface area contributed by atoms with E-state index in [0.29, 0.717) is 17.0 Å². The number of amides is 1. The van der Waals surface area contributed by atoms with Gasteiger partial charge in [0.1, 0.15) is 10.8 Å². The fourth-order valence-corrected chi connectivity index (χ4v) is 3.04. The summed E-state index contributed by atoms with van der Waals surface area (Å²) < 4.78 is 5.22. The number of Topliss-reactive ketones (excluding diaryl/α,β-unsaturated/α-hetero) is 1. The Morgan fingerprint density at radius 1 is 1.48 bits per heavy atom. The highest BCUT2D eigenvalue weighted by Crippen LogP contribution is 2.21. The number of carbonyl (C=O) groups is 2. The molecule has 2 aromatic rings. The summed E-state index contributed by atoms with van der Waals surface area (Å²) in [6, 6.07) is 3.25. The lowest BCUT2D eigenvalue weighted by molar-refractivity contribution is -0.119. The first-order valence-corrected chi connectivity index (χ1v) is 7.94. The maximum atomic E-state index is 12.0. The van der Waals surface area contributed by atoms with E-state index >= 15 is 0 Å². The molecule has 0 saturated heterocycles. The van der Waals surface area contributed by atoms with Crippen molar-refractivity contribution in [1.29, 1.82) is 0 Å². The van der Waals surface area contributed by atoms with Crippen LogP contribution < -0.4 is 11.0 Å². The van der Waals surface area contributed by atoms with E-state index in [4.69, 9.17) is 4.42 Å². The minimum atomic E-state index is -0.542. The topological polar surface area (TPSA) is 105 Å². The number of aryl methyl sites for hydroxylation is 1. The van der Waals surface area contributed by atoms with Crippen molar-refractivity contribution in [3.8, 4) is 0 Å². The van der Waals surface area contributed by atoms with E-state index in [-0.39, 0.29) is 28.5 Å². The van der Waals surface area contributed by atoms with Gasteiger partial charge in [-0.3, -0.25) is 9.59 Å². The van der Waals surface area contributed by atoms with Crippen molar-refractivity contribution in [3.63, 3.8) is 0 Å². The molecule has 122 valence electrons. The van der Waals surface area contributed by atoms with Crippen LogP contribution in [-0.2, 0) is 4.79 Å². The predicted octanol–water partition coefficient (Wildman–Crippen LogP) is 1.84. The van der Waals surface area contributed by atoms with Crippen molar-refractivity contribution in [3.05, 3.63) is 45.9 Å². The van der Waals surface area contributed by atoms with Crippen molar-refractivity contribution in [2.75, 3.05) is 5.75 Å². The lowest BCUT2D eigenvalue weighted by atomic mass is 10.2. The molecule has 2 heterocycles. The Morgan fingerprint density at radius 3 is 2.83 bits per heavy atom.